The molecule has 0 bridgehead atoms. The van der Waals surface area contributed by atoms with Gasteiger partial charge in [0.1, 0.15) is 6.10 Å². The summed E-state index contributed by atoms with van der Waals surface area (Å²) in [6, 6.07) is 3.93. The number of hydrogen-bond donors (Lipinski definition) is 1. The molecule has 0 aromatic carbocycles. The van der Waals surface area contributed by atoms with Crippen molar-refractivity contribution in [1.29, 1.82) is 0 Å². The molecule has 0 spiro atoms. The van der Waals surface area contributed by atoms with E-state index in [-0.39, 0.29) is 5.54 Å². The van der Waals surface area contributed by atoms with Crippen molar-refractivity contribution in [3.05, 3.63) is 17.8 Å². The average molecular weight is 291 g/mol. The topological polar surface area (TPSA) is 47.0 Å². The normalized spacial score (nSPS) is 19.5. The summed E-state index contributed by atoms with van der Waals surface area (Å²) in [4.78, 5) is 0. The van der Waals surface area contributed by atoms with Crippen LogP contribution in [0.3, 0.4) is 0 Å². The predicted octanol–water partition coefficient (Wildman–Crippen LogP) is 3.71. The van der Waals surface area contributed by atoms with Gasteiger partial charge < -0.3 is 10.1 Å². The fourth-order valence-corrected chi connectivity index (χ4v) is 2.52. The zero-order chi connectivity index (χ0) is 15.5. The Morgan fingerprint density at radius 3 is 2.38 bits per heavy atom. The highest BCUT2D eigenvalue weighted by Gasteiger charge is 2.28. The summed E-state index contributed by atoms with van der Waals surface area (Å²) in [5.41, 5.74) is 1.50. The summed E-state index contributed by atoms with van der Waals surface area (Å²) < 4.78 is 5.96. The van der Waals surface area contributed by atoms with E-state index in [9.17, 15) is 0 Å². The maximum Gasteiger partial charge on any atom is 0.233 e. The highest BCUT2D eigenvalue weighted by Crippen LogP contribution is 2.36. The third kappa shape index (κ3) is 5.62. The van der Waals surface area contributed by atoms with E-state index in [0.29, 0.717) is 17.4 Å². The SMILES string of the molecule is CC1(C)CCC(Oc2ccc(CNC(C)(C)C)nn2)CC1. The number of ether oxygens (including phenoxy) is 1. The molecule has 1 aromatic heterocycles. The standard InChI is InChI=1S/C17H29N3O/c1-16(2,3)18-12-13-6-7-15(20-19-13)21-14-8-10-17(4,5)11-9-14/h6-7,14,18H,8-12H2,1-5H3. The van der Waals surface area contributed by atoms with Crippen molar-refractivity contribution in [2.24, 2.45) is 5.41 Å². The van der Waals surface area contributed by atoms with Gasteiger partial charge in [-0.2, -0.15) is 5.10 Å². The smallest absolute Gasteiger partial charge is 0.233 e. The molecule has 4 nitrogen and oxygen atoms in total. The van der Waals surface area contributed by atoms with Gasteiger partial charge in [-0.3, -0.25) is 0 Å². The summed E-state index contributed by atoms with van der Waals surface area (Å²) in [5, 5.41) is 11.8. The van der Waals surface area contributed by atoms with E-state index in [4.69, 9.17) is 4.74 Å². The van der Waals surface area contributed by atoms with Crippen LogP contribution in [0, 0.1) is 5.41 Å². The van der Waals surface area contributed by atoms with Crippen molar-refractivity contribution in [1.82, 2.24) is 15.5 Å². The Morgan fingerprint density at radius 1 is 1.19 bits per heavy atom. The van der Waals surface area contributed by atoms with E-state index in [0.717, 1.165) is 25.1 Å². The van der Waals surface area contributed by atoms with Crippen molar-refractivity contribution in [3.8, 4) is 5.88 Å². The first-order valence-electron chi connectivity index (χ1n) is 7.98. The molecule has 21 heavy (non-hydrogen) atoms. The summed E-state index contributed by atoms with van der Waals surface area (Å²) >= 11 is 0. The molecule has 118 valence electrons. The fraction of sp³-hybridized carbons (Fsp3) is 0.765. The number of nitrogens with zero attached hydrogens (tertiary/aromatic N) is 2. The van der Waals surface area contributed by atoms with E-state index in [1.807, 2.05) is 12.1 Å². The van der Waals surface area contributed by atoms with E-state index in [2.05, 4.69) is 50.1 Å². The molecule has 0 aliphatic heterocycles. The van der Waals surface area contributed by atoms with E-state index in [1.165, 1.54) is 12.8 Å². The Morgan fingerprint density at radius 2 is 1.86 bits per heavy atom. The van der Waals surface area contributed by atoms with Crippen LogP contribution in [-0.2, 0) is 6.54 Å². The molecule has 2 rings (SSSR count). The third-order valence-corrected chi connectivity index (χ3v) is 4.07. The zero-order valence-corrected chi connectivity index (χ0v) is 14.1. The second-order valence-corrected chi connectivity index (χ2v) is 7.95. The van der Waals surface area contributed by atoms with E-state index in [1.54, 1.807) is 0 Å². The molecule has 1 fully saturated rings. The second-order valence-electron chi connectivity index (χ2n) is 7.95. The Balaban J connectivity index is 1.83. The van der Waals surface area contributed by atoms with E-state index >= 15 is 0 Å². The molecule has 0 atom stereocenters. The summed E-state index contributed by atoms with van der Waals surface area (Å²) in [7, 11) is 0. The van der Waals surface area contributed by atoms with Gasteiger partial charge in [-0.05, 0) is 57.9 Å². The van der Waals surface area contributed by atoms with Gasteiger partial charge >= 0.3 is 0 Å². The minimum atomic E-state index is 0.0890. The summed E-state index contributed by atoms with van der Waals surface area (Å²) in [6.45, 7) is 11.8. The van der Waals surface area contributed by atoms with Gasteiger partial charge in [0.05, 0.1) is 5.69 Å². The molecule has 1 aromatic rings. The first-order valence-corrected chi connectivity index (χ1v) is 7.98. The summed E-state index contributed by atoms with van der Waals surface area (Å²) in [6.07, 6.45) is 4.97. The molecule has 1 aliphatic rings. The van der Waals surface area contributed by atoms with Crippen LogP contribution in [0.1, 0.15) is 66.0 Å². The molecule has 0 amide bonds. The first kappa shape index (κ1) is 16.2. The maximum atomic E-state index is 5.96. The van der Waals surface area contributed by atoms with Crippen molar-refractivity contribution in [2.75, 3.05) is 0 Å². The Kier molecular flexibility index (Phi) is 4.87. The number of hydrogen-bond acceptors (Lipinski definition) is 4. The van der Waals surface area contributed by atoms with Gasteiger partial charge in [-0.1, -0.05) is 13.8 Å². The predicted molar refractivity (Wildman–Crippen MR) is 85.3 cm³/mol. The van der Waals surface area contributed by atoms with Crippen LogP contribution in [0.2, 0.25) is 0 Å². The maximum absolute atomic E-state index is 5.96. The van der Waals surface area contributed by atoms with Crippen LogP contribution in [0.4, 0.5) is 0 Å². The molecule has 1 heterocycles. The van der Waals surface area contributed by atoms with Gasteiger partial charge in [0.25, 0.3) is 0 Å². The van der Waals surface area contributed by atoms with Gasteiger partial charge in [0, 0.05) is 18.2 Å². The number of aromatic nitrogens is 2. The van der Waals surface area contributed by atoms with Gasteiger partial charge in [0.2, 0.25) is 5.88 Å². The lowest BCUT2D eigenvalue weighted by Crippen LogP contribution is -2.35. The van der Waals surface area contributed by atoms with Crippen LogP contribution >= 0.6 is 0 Å². The van der Waals surface area contributed by atoms with Crippen molar-refractivity contribution < 1.29 is 4.74 Å². The largest absolute Gasteiger partial charge is 0.473 e. The molecule has 1 N–H and O–H groups in total. The lowest BCUT2D eigenvalue weighted by molar-refractivity contribution is 0.0939. The Hall–Kier alpha value is -1.16. The van der Waals surface area contributed by atoms with Crippen molar-refractivity contribution in [2.45, 2.75) is 78.5 Å². The van der Waals surface area contributed by atoms with Gasteiger partial charge in [-0.15, -0.1) is 5.10 Å². The van der Waals surface area contributed by atoms with Crippen LogP contribution in [0.15, 0.2) is 12.1 Å². The Bertz CT molecular complexity index is 438. The molecular formula is C17H29N3O. The van der Waals surface area contributed by atoms with Gasteiger partial charge in [-0.25, -0.2) is 0 Å². The van der Waals surface area contributed by atoms with E-state index < -0.39 is 0 Å². The van der Waals surface area contributed by atoms with Crippen molar-refractivity contribution in [3.63, 3.8) is 0 Å². The number of rotatable bonds is 4. The van der Waals surface area contributed by atoms with Crippen LogP contribution in [-0.4, -0.2) is 21.8 Å². The zero-order valence-electron chi connectivity index (χ0n) is 14.1. The minimum Gasteiger partial charge on any atom is -0.473 e. The quantitative estimate of drug-likeness (QED) is 0.918. The Labute approximate surface area is 128 Å². The molecule has 4 heteroatoms. The summed E-state index contributed by atoms with van der Waals surface area (Å²) in [5.74, 6) is 0.652. The molecule has 1 saturated carbocycles. The fourth-order valence-electron chi connectivity index (χ4n) is 2.52. The lowest BCUT2D eigenvalue weighted by atomic mass is 9.76. The highest BCUT2D eigenvalue weighted by atomic mass is 16.5. The first-order chi connectivity index (χ1) is 9.73. The second kappa shape index (κ2) is 6.30. The van der Waals surface area contributed by atoms with Crippen LogP contribution in [0.25, 0.3) is 0 Å². The van der Waals surface area contributed by atoms with Crippen LogP contribution in [0.5, 0.6) is 5.88 Å². The molecular weight excluding hydrogens is 262 g/mol. The average Bonchev–Trinajstić information content (AvgIpc) is 2.40. The highest BCUT2D eigenvalue weighted by molar-refractivity contribution is 5.12. The number of nitrogens with one attached hydrogen (secondary N) is 1. The molecule has 1 aliphatic carbocycles. The molecule has 0 radical (unpaired) electrons. The third-order valence-electron chi connectivity index (χ3n) is 4.07. The lowest BCUT2D eigenvalue weighted by Gasteiger charge is -2.33. The minimum absolute atomic E-state index is 0.0890. The van der Waals surface area contributed by atoms with Crippen molar-refractivity contribution >= 4 is 0 Å². The molecule has 0 saturated heterocycles. The molecule has 0 unspecified atom stereocenters. The van der Waals surface area contributed by atoms with Gasteiger partial charge in [0.15, 0.2) is 0 Å². The monoisotopic (exact) mass is 291 g/mol. The van der Waals surface area contributed by atoms with Crippen LogP contribution < -0.4 is 10.1 Å².